The van der Waals surface area contributed by atoms with E-state index >= 15 is 0 Å². The van der Waals surface area contributed by atoms with Crippen molar-refractivity contribution < 1.29 is 23.9 Å². The normalized spacial score (nSPS) is 13.9. The standard InChI is InChI=1S/C21H21N3O7S2/c1-10-11(2)33-20-17(10)19(25)22-16(23-20)8-32-12(3)21(26)30-7-14-5-15(24(27)28)4-13-6-29-9-31-18(13)14/h4-5,12H,6-9H2,1-3H3,(H,22,23,25)/t12-/m0/s1. The highest BCUT2D eigenvalue weighted by molar-refractivity contribution is 7.99. The number of nitro groups is 1. The van der Waals surface area contributed by atoms with E-state index in [4.69, 9.17) is 14.2 Å². The Morgan fingerprint density at radius 3 is 2.97 bits per heavy atom. The van der Waals surface area contributed by atoms with Crippen LogP contribution in [-0.2, 0) is 33.2 Å². The van der Waals surface area contributed by atoms with Gasteiger partial charge in [-0.2, -0.15) is 0 Å². The number of carbonyl (C=O) groups is 1. The van der Waals surface area contributed by atoms with Crippen molar-refractivity contribution in [2.24, 2.45) is 0 Å². The first-order chi connectivity index (χ1) is 15.7. The van der Waals surface area contributed by atoms with E-state index in [2.05, 4.69) is 9.97 Å². The van der Waals surface area contributed by atoms with Gasteiger partial charge in [-0.25, -0.2) is 4.98 Å². The first-order valence-electron chi connectivity index (χ1n) is 10.0. The number of carbonyl (C=O) groups excluding carboxylic acids is 1. The van der Waals surface area contributed by atoms with Gasteiger partial charge in [0.05, 0.1) is 22.7 Å². The second-order valence-electron chi connectivity index (χ2n) is 7.50. The van der Waals surface area contributed by atoms with Crippen LogP contribution in [0.4, 0.5) is 5.69 Å². The number of thioether (sulfide) groups is 1. The number of nitrogens with zero attached hydrogens (tertiary/aromatic N) is 2. The van der Waals surface area contributed by atoms with Crippen LogP contribution >= 0.6 is 23.1 Å². The molecule has 2 aromatic heterocycles. The second kappa shape index (κ2) is 9.49. The van der Waals surface area contributed by atoms with Gasteiger partial charge < -0.3 is 19.2 Å². The predicted octanol–water partition coefficient (Wildman–Crippen LogP) is 3.74. The summed E-state index contributed by atoms with van der Waals surface area (Å²) in [7, 11) is 0. The molecule has 0 saturated heterocycles. The Kier molecular flexibility index (Phi) is 6.68. The van der Waals surface area contributed by atoms with Gasteiger partial charge in [-0.05, 0) is 26.3 Å². The SMILES string of the molecule is Cc1sc2nc(CS[C@@H](C)C(=O)OCc3cc([N+](=O)[O-])cc4c3OCOC4)[nH]c(=O)c2c1C. The van der Waals surface area contributed by atoms with Crippen LogP contribution in [0.5, 0.6) is 5.75 Å². The largest absolute Gasteiger partial charge is 0.467 e. The van der Waals surface area contributed by atoms with Crippen LogP contribution in [0, 0.1) is 24.0 Å². The van der Waals surface area contributed by atoms with E-state index in [0.29, 0.717) is 38.7 Å². The highest BCUT2D eigenvalue weighted by atomic mass is 32.2. The van der Waals surface area contributed by atoms with E-state index in [1.807, 2.05) is 13.8 Å². The second-order valence-corrected chi connectivity index (χ2v) is 10.0. The third kappa shape index (κ3) is 4.87. The first kappa shape index (κ1) is 23.2. The van der Waals surface area contributed by atoms with Gasteiger partial charge in [0.25, 0.3) is 11.2 Å². The summed E-state index contributed by atoms with van der Waals surface area (Å²) in [4.78, 5) is 44.6. The minimum atomic E-state index is -0.545. The molecule has 10 nitrogen and oxygen atoms in total. The number of nitrogens with one attached hydrogen (secondary N) is 1. The number of H-pyrrole nitrogens is 1. The molecule has 1 aliphatic rings. The van der Waals surface area contributed by atoms with Gasteiger partial charge in [-0.1, -0.05) is 0 Å². The summed E-state index contributed by atoms with van der Waals surface area (Å²) in [6.45, 7) is 5.58. The van der Waals surface area contributed by atoms with Crippen LogP contribution < -0.4 is 10.3 Å². The van der Waals surface area contributed by atoms with Gasteiger partial charge in [0, 0.05) is 28.1 Å². The lowest BCUT2D eigenvalue weighted by atomic mass is 10.1. The summed E-state index contributed by atoms with van der Waals surface area (Å²) in [6.07, 6.45) is 0. The molecule has 3 heterocycles. The molecule has 1 aliphatic heterocycles. The molecule has 174 valence electrons. The molecule has 1 aromatic carbocycles. The van der Waals surface area contributed by atoms with E-state index in [9.17, 15) is 19.7 Å². The number of thiophene rings is 1. The van der Waals surface area contributed by atoms with Crippen molar-refractivity contribution in [1.82, 2.24) is 9.97 Å². The van der Waals surface area contributed by atoms with E-state index in [-0.39, 0.29) is 31.3 Å². The minimum absolute atomic E-state index is 0.0247. The summed E-state index contributed by atoms with van der Waals surface area (Å²) in [5, 5.41) is 11.3. The third-order valence-corrected chi connectivity index (χ3v) is 7.48. The molecule has 0 bridgehead atoms. The molecule has 33 heavy (non-hydrogen) atoms. The molecule has 3 aromatic rings. The number of hydrogen-bond donors (Lipinski definition) is 1. The number of benzene rings is 1. The van der Waals surface area contributed by atoms with Crippen molar-refractivity contribution in [2.45, 2.75) is 45.0 Å². The molecule has 0 aliphatic carbocycles. The van der Waals surface area contributed by atoms with Gasteiger partial charge in [0.15, 0.2) is 6.79 Å². The maximum atomic E-state index is 12.5. The fourth-order valence-electron chi connectivity index (χ4n) is 3.40. The molecular formula is C21H21N3O7S2. The number of hydrogen-bond acceptors (Lipinski definition) is 10. The molecule has 0 fully saturated rings. The van der Waals surface area contributed by atoms with E-state index in [1.165, 1.54) is 35.2 Å². The lowest BCUT2D eigenvalue weighted by molar-refractivity contribution is -0.385. The Bertz CT molecular complexity index is 1300. The van der Waals surface area contributed by atoms with E-state index in [1.54, 1.807) is 6.92 Å². The Labute approximate surface area is 196 Å². The summed E-state index contributed by atoms with van der Waals surface area (Å²) in [6, 6.07) is 2.73. The van der Waals surface area contributed by atoms with Crippen molar-refractivity contribution in [3.8, 4) is 5.75 Å². The zero-order valence-electron chi connectivity index (χ0n) is 18.1. The van der Waals surface area contributed by atoms with Crippen LogP contribution in [0.3, 0.4) is 0 Å². The summed E-state index contributed by atoms with van der Waals surface area (Å²) in [5.74, 6) is 0.763. The summed E-state index contributed by atoms with van der Waals surface area (Å²) < 4.78 is 16.0. The zero-order chi connectivity index (χ0) is 23.7. The molecule has 12 heteroatoms. The fourth-order valence-corrected chi connectivity index (χ4v) is 5.20. The average Bonchev–Trinajstić information content (AvgIpc) is 3.08. The smallest absolute Gasteiger partial charge is 0.319 e. The zero-order valence-corrected chi connectivity index (χ0v) is 19.8. The lowest BCUT2D eigenvalue weighted by Crippen LogP contribution is -2.19. The number of aromatic nitrogens is 2. The van der Waals surface area contributed by atoms with E-state index in [0.717, 1.165) is 10.4 Å². The molecule has 0 radical (unpaired) electrons. The number of non-ortho nitro benzene ring substituents is 1. The van der Waals surface area contributed by atoms with Crippen molar-refractivity contribution >= 4 is 45.0 Å². The lowest BCUT2D eigenvalue weighted by Gasteiger charge is -2.20. The number of fused-ring (bicyclic) bond motifs is 2. The fraction of sp³-hybridized carbons (Fsp3) is 0.381. The highest BCUT2D eigenvalue weighted by Crippen LogP contribution is 2.33. The van der Waals surface area contributed by atoms with Gasteiger partial charge >= 0.3 is 5.97 Å². The van der Waals surface area contributed by atoms with Crippen molar-refractivity contribution in [3.05, 3.63) is 60.0 Å². The number of nitro benzene ring substituents is 1. The summed E-state index contributed by atoms with van der Waals surface area (Å²) in [5.41, 5.74) is 1.56. The topological polar surface area (TPSA) is 134 Å². The van der Waals surface area contributed by atoms with Crippen molar-refractivity contribution in [1.29, 1.82) is 0 Å². The number of esters is 1. The Morgan fingerprint density at radius 2 is 2.21 bits per heavy atom. The molecule has 1 atom stereocenters. The molecule has 0 saturated carbocycles. The molecular weight excluding hydrogens is 470 g/mol. The Hall–Kier alpha value is -2.96. The monoisotopic (exact) mass is 491 g/mol. The van der Waals surface area contributed by atoms with Gasteiger partial charge in [0.1, 0.15) is 28.3 Å². The maximum Gasteiger partial charge on any atom is 0.319 e. The maximum absolute atomic E-state index is 12.5. The predicted molar refractivity (Wildman–Crippen MR) is 124 cm³/mol. The van der Waals surface area contributed by atoms with Gasteiger partial charge in [-0.3, -0.25) is 19.7 Å². The minimum Gasteiger partial charge on any atom is -0.467 e. The number of ether oxygens (including phenoxy) is 3. The number of aromatic amines is 1. The number of rotatable bonds is 7. The Morgan fingerprint density at radius 1 is 1.42 bits per heavy atom. The first-order valence-corrected chi connectivity index (χ1v) is 11.9. The highest BCUT2D eigenvalue weighted by Gasteiger charge is 2.23. The van der Waals surface area contributed by atoms with Gasteiger partial charge in [-0.15, -0.1) is 23.1 Å². The average molecular weight is 492 g/mol. The van der Waals surface area contributed by atoms with Crippen LogP contribution in [0.15, 0.2) is 16.9 Å². The van der Waals surface area contributed by atoms with Crippen LogP contribution in [0.2, 0.25) is 0 Å². The third-order valence-electron chi connectivity index (χ3n) is 5.24. The summed E-state index contributed by atoms with van der Waals surface area (Å²) >= 11 is 2.74. The Balaban J connectivity index is 1.41. The van der Waals surface area contributed by atoms with Crippen LogP contribution in [0.1, 0.15) is 34.3 Å². The molecule has 0 amide bonds. The van der Waals surface area contributed by atoms with Crippen molar-refractivity contribution in [2.75, 3.05) is 6.79 Å². The van der Waals surface area contributed by atoms with Crippen molar-refractivity contribution in [3.63, 3.8) is 0 Å². The molecule has 1 N–H and O–H groups in total. The van der Waals surface area contributed by atoms with E-state index < -0.39 is 16.1 Å². The van der Waals surface area contributed by atoms with Crippen LogP contribution in [0.25, 0.3) is 10.2 Å². The van der Waals surface area contributed by atoms with Gasteiger partial charge in [0.2, 0.25) is 0 Å². The molecule has 4 rings (SSSR count). The quantitative estimate of drug-likeness (QED) is 0.298. The molecule has 0 spiro atoms. The molecule has 0 unspecified atom stereocenters. The van der Waals surface area contributed by atoms with Crippen LogP contribution in [-0.4, -0.2) is 32.9 Å². The number of aryl methyl sites for hydroxylation is 2.